The first-order chi connectivity index (χ1) is 12.3. The molecule has 0 radical (unpaired) electrons. The fraction of sp³-hybridized carbons (Fsp3) is 0.211. The largest absolute Gasteiger partial charge is 0.495 e. The minimum atomic E-state index is -3.86. The first-order valence-corrected chi connectivity index (χ1v) is 9.49. The van der Waals surface area contributed by atoms with Crippen molar-refractivity contribution in [3.05, 3.63) is 59.7 Å². The van der Waals surface area contributed by atoms with Crippen LogP contribution in [0.2, 0.25) is 0 Å². The fourth-order valence-electron chi connectivity index (χ4n) is 3.09. The zero-order valence-corrected chi connectivity index (χ0v) is 15.2. The maximum absolute atomic E-state index is 13.3. The number of anilines is 1. The van der Waals surface area contributed by atoms with Gasteiger partial charge in [-0.3, -0.25) is 4.31 Å². The van der Waals surface area contributed by atoms with Gasteiger partial charge in [0.05, 0.1) is 12.8 Å². The molecule has 26 heavy (non-hydrogen) atoms. The molecular formula is C19H19NO5S. The van der Waals surface area contributed by atoms with Crippen molar-refractivity contribution in [2.45, 2.75) is 17.7 Å². The van der Waals surface area contributed by atoms with Crippen LogP contribution in [0.15, 0.2) is 53.4 Å². The monoisotopic (exact) mass is 373 g/mol. The molecule has 0 fully saturated rings. The Morgan fingerprint density at radius 2 is 2.00 bits per heavy atom. The number of benzene rings is 2. The third-order valence-corrected chi connectivity index (χ3v) is 6.15. The molecule has 6 nitrogen and oxygen atoms in total. The van der Waals surface area contributed by atoms with Crippen molar-refractivity contribution in [2.75, 3.05) is 18.0 Å². The van der Waals surface area contributed by atoms with Crippen molar-refractivity contribution in [3.63, 3.8) is 0 Å². The summed E-state index contributed by atoms with van der Waals surface area (Å²) in [4.78, 5) is 10.7. The van der Waals surface area contributed by atoms with Crippen molar-refractivity contribution < 1.29 is 23.1 Å². The highest BCUT2D eigenvalue weighted by Crippen LogP contribution is 2.40. The van der Waals surface area contributed by atoms with Crippen LogP contribution in [0.5, 0.6) is 5.75 Å². The number of carboxylic acids is 1. The van der Waals surface area contributed by atoms with Crippen LogP contribution in [0.4, 0.5) is 5.69 Å². The Hall–Kier alpha value is -2.80. The van der Waals surface area contributed by atoms with Gasteiger partial charge in [-0.25, -0.2) is 13.2 Å². The maximum Gasteiger partial charge on any atom is 0.328 e. The van der Waals surface area contributed by atoms with Gasteiger partial charge in [0.15, 0.2) is 0 Å². The van der Waals surface area contributed by atoms with E-state index >= 15 is 0 Å². The van der Waals surface area contributed by atoms with Crippen LogP contribution >= 0.6 is 0 Å². The smallest absolute Gasteiger partial charge is 0.328 e. The summed E-state index contributed by atoms with van der Waals surface area (Å²) in [6, 6.07) is 12.0. The molecule has 0 saturated heterocycles. The number of sulfonamides is 1. The quantitative estimate of drug-likeness (QED) is 0.814. The summed E-state index contributed by atoms with van der Waals surface area (Å²) in [6.07, 6.45) is 2.31. The molecule has 2 aromatic rings. The standard InChI is InChI=1S/C19H19NO5S/c1-13-12-20(16-6-4-3-5-15(13)16)26(23,24)18-11-14(8-10-19(21)22)7-9-17(18)25-2/h3-11,13H,12H2,1-2H3,(H,21,22)/b10-8+. The number of fused-ring (bicyclic) bond motifs is 1. The van der Waals surface area contributed by atoms with E-state index in [9.17, 15) is 13.2 Å². The minimum absolute atomic E-state index is 0.0106. The van der Waals surface area contributed by atoms with E-state index in [4.69, 9.17) is 9.84 Å². The number of nitrogens with zero attached hydrogens (tertiary/aromatic N) is 1. The molecule has 2 aromatic carbocycles. The highest BCUT2D eigenvalue weighted by Gasteiger charge is 2.36. The molecule has 0 bridgehead atoms. The van der Waals surface area contributed by atoms with E-state index < -0.39 is 16.0 Å². The number of carbonyl (C=O) groups is 1. The molecule has 136 valence electrons. The molecule has 7 heteroatoms. The van der Waals surface area contributed by atoms with E-state index in [1.165, 1.54) is 29.6 Å². The lowest BCUT2D eigenvalue weighted by Gasteiger charge is -2.21. The Labute approximate surface area is 152 Å². The van der Waals surface area contributed by atoms with Crippen LogP contribution in [-0.4, -0.2) is 33.1 Å². The van der Waals surface area contributed by atoms with Crippen LogP contribution in [0.1, 0.15) is 24.0 Å². The zero-order valence-electron chi connectivity index (χ0n) is 14.4. The molecule has 1 N–H and O–H groups in total. The number of hydrogen-bond donors (Lipinski definition) is 1. The van der Waals surface area contributed by atoms with Crippen molar-refractivity contribution >= 4 is 27.8 Å². The molecule has 3 rings (SSSR count). The third kappa shape index (κ3) is 3.17. The van der Waals surface area contributed by atoms with Gasteiger partial charge in [0, 0.05) is 18.5 Å². The van der Waals surface area contributed by atoms with Crippen molar-refractivity contribution in [3.8, 4) is 5.75 Å². The van der Waals surface area contributed by atoms with E-state index in [-0.39, 0.29) is 16.6 Å². The summed E-state index contributed by atoms with van der Waals surface area (Å²) in [7, 11) is -2.46. The zero-order chi connectivity index (χ0) is 18.9. The second-order valence-electron chi connectivity index (χ2n) is 6.08. The molecule has 0 saturated carbocycles. The fourth-order valence-corrected chi connectivity index (χ4v) is 4.86. The minimum Gasteiger partial charge on any atom is -0.495 e. The predicted octanol–water partition coefficient (Wildman–Crippen LogP) is 3.11. The highest BCUT2D eigenvalue weighted by atomic mass is 32.2. The molecule has 0 aliphatic carbocycles. The summed E-state index contributed by atoms with van der Waals surface area (Å²) in [5, 5.41) is 8.78. The SMILES string of the molecule is COc1ccc(/C=C/C(=O)O)cc1S(=O)(=O)N1CC(C)c2ccccc21. The summed E-state index contributed by atoms with van der Waals surface area (Å²) in [6.45, 7) is 2.33. The van der Waals surface area contributed by atoms with Gasteiger partial charge in [0.1, 0.15) is 10.6 Å². The summed E-state index contributed by atoms with van der Waals surface area (Å²) in [5.41, 5.74) is 2.11. The van der Waals surface area contributed by atoms with Crippen LogP contribution in [0.3, 0.4) is 0 Å². The molecular weight excluding hydrogens is 354 g/mol. The molecule has 0 amide bonds. The number of para-hydroxylation sites is 1. The molecule has 1 unspecified atom stereocenters. The van der Waals surface area contributed by atoms with Crippen LogP contribution in [0, 0.1) is 0 Å². The number of aliphatic carboxylic acids is 1. The Kier molecular flexibility index (Phi) is 4.73. The number of methoxy groups -OCH3 is 1. The van der Waals surface area contributed by atoms with Gasteiger partial charge in [-0.1, -0.05) is 31.2 Å². The average molecular weight is 373 g/mol. The Balaban J connectivity index is 2.10. The van der Waals surface area contributed by atoms with Gasteiger partial charge in [-0.05, 0) is 35.4 Å². The van der Waals surface area contributed by atoms with Crippen molar-refractivity contribution in [2.24, 2.45) is 0 Å². The average Bonchev–Trinajstić information content (AvgIpc) is 2.97. The van der Waals surface area contributed by atoms with Crippen LogP contribution in [-0.2, 0) is 14.8 Å². The normalized spacial score (nSPS) is 16.7. The molecule has 1 atom stereocenters. The number of ether oxygens (including phenoxy) is 1. The molecule has 1 aliphatic heterocycles. The second kappa shape index (κ2) is 6.84. The van der Waals surface area contributed by atoms with Gasteiger partial charge in [0.2, 0.25) is 0 Å². The molecule has 1 aliphatic rings. The van der Waals surface area contributed by atoms with Gasteiger partial charge >= 0.3 is 5.97 Å². The predicted molar refractivity (Wildman–Crippen MR) is 99.1 cm³/mol. The van der Waals surface area contributed by atoms with Gasteiger partial charge in [-0.2, -0.15) is 0 Å². The third-order valence-electron chi connectivity index (χ3n) is 4.35. The van der Waals surface area contributed by atoms with E-state index in [2.05, 4.69) is 0 Å². The number of hydrogen-bond acceptors (Lipinski definition) is 4. The van der Waals surface area contributed by atoms with Crippen LogP contribution in [0.25, 0.3) is 6.08 Å². The van der Waals surface area contributed by atoms with E-state index in [1.807, 2.05) is 25.1 Å². The summed E-state index contributed by atoms with van der Waals surface area (Å²) < 4.78 is 33.3. The Morgan fingerprint density at radius 3 is 2.69 bits per heavy atom. The maximum atomic E-state index is 13.3. The summed E-state index contributed by atoms with van der Waals surface area (Å²) >= 11 is 0. The topological polar surface area (TPSA) is 83.9 Å². The van der Waals surface area contributed by atoms with Gasteiger partial charge < -0.3 is 9.84 Å². The lowest BCUT2D eigenvalue weighted by molar-refractivity contribution is -0.131. The lowest BCUT2D eigenvalue weighted by Crippen LogP contribution is -2.30. The molecule has 0 aromatic heterocycles. The summed E-state index contributed by atoms with van der Waals surface area (Å²) in [5.74, 6) is -0.802. The van der Waals surface area contributed by atoms with E-state index in [1.54, 1.807) is 12.1 Å². The molecule has 1 heterocycles. The van der Waals surface area contributed by atoms with Crippen LogP contribution < -0.4 is 9.04 Å². The van der Waals surface area contributed by atoms with Gasteiger partial charge in [0.25, 0.3) is 10.0 Å². The van der Waals surface area contributed by atoms with Gasteiger partial charge in [-0.15, -0.1) is 0 Å². The Bertz CT molecular complexity index is 981. The van der Waals surface area contributed by atoms with Crippen molar-refractivity contribution in [1.82, 2.24) is 0 Å². The molecule has 0 spiro atoms. The lowest BCUT2D eigenvalue weighted by atomic mass is 10.0. The van der Waals surface area contributed by atoms with E-state index in [0.29, 0.717) is 17.8 Å². The number of carboxylic acid groups (broad SMARTS) is 1. The van der Waals surface area contributed by atoms with Crippen molar-refractivity contribution in [1.29, 1.82) is 0 Å². The number of rotatable bonds is 5. The Morgan fingerprint density at radius 1 is 1.27 bits per heavy atom. The first kappa shape index (κ1) is 18.0. The van der Waals surface area contributed by atoms with E-state index in [0.717, 1.165) is 11.6 Å². The second-order valence-corrected chi connectivity index (χ2v) is 7.91. The highest BCUT2D eigenvalue weighted by molar-refractivity contribution is 7.93. The first-order valence-electron chi connectivity index (χ1n) is 8.05.